The summed E-state index contributed by atoms with van der Waals surface area (Å²) in [5.41, 5.74) is 2.02. The molecule has 0 unspecified atom stereocenters. The van der Waals surface area contributed by atoms with Crippen LogP contribution in [0.1, 0.15) is 62.5 Å². The predicted molar refractivity (Wildman–Crippen MR) is 135 cm³/mol. The molecule has 4 heteroatoms. The van der Waals surface area contributed by atoms with Gasteiger partial charge in [0.15, 0.2) is 6.10 Å². The van der Waals surface area contributed by atoms with Gasteiger partial charge < -0.3 is 14.0 Å². The van der Waals surface area contributed by atoms with Gasteiger partial charge in [0.25, 0.3) is 0 Å². The van der Waals surface area contributed by atoms with Gasteiger partial charge in [-0.2, -0.15) is 0 Å². The summed E-state index contributed by atoms with van der Waals surface area (Å²) < 4.78 is 13.0. The highest BCUT2D eigenvalue weighted by Gasteiger charge is 2.50. The van der Waals surface area contributed by atoms with Gasteiger partial charge in [0.2, 0.25) is 0 Å². The zero-order valence-electron chi connectivity index (χ0n) is 20.7. The van der Waals surface area contributed by atoms with Crippen LogP contribution in [0.25, 0.3) is 0 Å². The van der Waals surface area contributed by atoms with Gasteiger partial charge >= 0.3 is 5.97 Å². The summed E-state index contributed by atoms with van der Waals surface area (Å²) in [6, 6.07) is 18.9. The molecule has 3 saturated heterocycles. The number of hydrogen-bond donors (Lipinski definition) is 0. The molecule has 4 aliphatic rings. The number of quaternary nitrogens is 1. The molecule has 0 radical (unpaired) electrons. The first-order chi connectivity index (χ1) is 16.6. The standard InChI is InChI=1S/C30H40NO3/c1-33-27-13-9-10-24(22-27)14-19-31-20-15-25(16-21-31)28(23-31)34-29(32)30(17-7-2-3-8-18-30)26-11-5-4-6-12-26/h4-6,9-13,22,25,28H,2-3,7-8,14-21,23H2,1H3/q+1/t25?,28-,31?/m0/s1. The fourth-order valence-electron chi connectivity index (χ4n) is 6.81. The average Bonchev–Trinajstić information content (AvgIpc) is 3.16. The molecule has 0 amide bonds. The summed E-state index contributed by atoms with van der Waals surface area (Å²) >= 11 is 0. The van der Waals surface area contributed by atoms with Gasteiger partial charge in [-0.25, -0.2) is 0 Å². The topological polar surface area (TPSA) is 35.5 Å². The first-order valence-corrected chi connectivity index (χ1v) is 13.4. The average molecular weight is 463 g/mol. The van der Waals surface area contributed by atoms with Crippen molar-refractivity contribution in [2.24, 2.45) is 5.92 Å². The Hall–Kier alpha value is -2.33. The Bertz CT molecular complexity index is 956. The van der Waals surface area contributed by atoms with Crippen LogP contribution in [0.4, 0.5) is 0 Å². The fourth-order valence-corrected chi connectivity index (χ4v) is 6.81. The minimum absolute atomic E-state index is 0.0466. The van der Waals surface area contributed by atoms with E-state index in [1.165, 1.54) is 44.3 Å². The monoisotopic (exact) mass is 462 g/mol. The maximum atomic E-state index is 13.9. The lowest BCUT2D eigenvalue weighted by molar-refractivity contribution is -0.946. The minimum Gasteiger partial charge on any atom is -0.497 e. The number of hydrogen-bond acceptors (Lipinski definition) is 3. The molecule has 6 rings (SSSR count). The van der Waals surface area contributed by atoms with Crippen LogP contribution in [0.15, 0.2) is 54.6 Å². The Morgan fingerprint density at radius 2 is 1.71 bits per heavy atom. The van der Waals surface area contributed by atoms with Crippen molar-refractivity contribution in [3.8, 4) is 5.75 Å². The van der Waals surface area contributed by atoms with Crippen LogP contribution in [0, 0.1) is 5.92 Å². The number of esters is 1. The largest absolute Gasteiger partial charge is 0.497 e. The summed E-state index contributed by atoms with van der Waals surface area (Å²) in [5.74, 6) is 1.50. The second-order valence-corrected chi connectivity index (χ2v) is 10.9. The normalized spacial score (nSPS) is 28.1. The van der Waals surface area contributed by atoms with Crippen LogP contribution in [-0.2, 0) is 21.4 Å². The van der Waals surface area contributed by atoms with E-state index in [1.807, 2.05) is 12.1 Å². The van der Waals surface area contributed by atoms with Gasteiger partial charge in [-0.1, -0.05) is 68.1 Å². The third-order valence-corrected chi connectivity index (χ3v) is 8.98. The number of piperidine rings is 3. The smallest absolute Gasteiger partial charge is 0.317 e. The summed E-state index contributed by atoms with van der Waals surface area (Å²) in [5, 5.41) is 0. The van der Waals surface area contributed by atoms with Gasteiger partial charge in [-0.05, 0) is 36.1 Å². The van der Waals surface area contributed by atoms with Crippen molar-refractivity contribution in [1.82, 2.24) is 0 Å². The number of nitrogens with zero attached hydrogens (tertiary/aromatic N) is 1. The fraction of sp³-hybridized carbons (Fsp3) is 0.567. The molecule has 34 heavy (non-hydrogen) atoms. The highest BCUT2D eigenvalue weighted by molar-refractivity contribution is 5.83. The Morgan fingerprint density at radius 3 is 2.41 bits per heavy atom. The van der Waals surface area contributed by atoms with Crippen LogP contribution in [0.2, 0.25) is 0 Å². The lowest BCUT2D eigenvalue weighted by atomic mass is 9.74. The zero-order valence-corrected chi connectivity index (χ0v) is 20.7. The third kappa shape index (κ3) is 4.75. The van der Waals surface area contributed by atoms with Crippen LogP contribution in [0.3, 0.4) is 0 Å². The Balaban J connectivity index is 1.30. The Labute approximate surface area is 204 Å². The van der Waals surface area contributed by atoms with Gasteiger partial charge in [-0.15, -0.1) is 0 Å². The summed E-state index contributed by atoms with van der Waals surface area (Å²) in [6.45, 7) is 4.52. The molecule has 0 N–H and O–H groups in total. The number of methoxy groups -OCH3 is 1. The van der Waals surface area contributed by atoms with Crippen molar-refractivity contribution in [2.45, 2.75) is 69.3 Å². The van der Waals surface area contributed by atoms with Crippen LogP contribution in [-0.4, -0.2) is 49.8 Å². The zero-order chi connectivity index (χ0) is 23.4. The van der Waals surface area contributed by atoms with Crippen molar-refractivity contribution < 1.29 is 18.8 Å². The van der Waals surface area contributed by atoms with Crippen molar-refractivity contribution in [3.63, 3.8) is 0 Å². The van der Waals surface area contributed by atoms with Gasteiger partial charge in [-0.3, -0.25) is 4.79 Å². The molecule has 2 bridgehead atoms. The van der Waals surface area contributed by atoms with Gasteiger partial charge in [0.05, 0.1) is 32.2 Å². The van der Waals surface area contributed by atoms with Gasteiger partial charge in [0, 0.05) is 25.2 Å². The minimum atomic E-state index is -0.463. The van der Waals surface area contributed by atoms with E-state index in [0.29, 0.717) is 5.92 Å². The maximum Gasteiger partial charge on any atom is 0.317 e. The van der Waals surface area contributed by atoms with E-state index in [2.05, 4.69) is 42.5 Å². The van der Waals surface area contributed by atoms with Crippen molar-refractivity contribution in [3.05, 3.63) is 65.7 Å². The van der Waals surface area contributed by atoms with E-state index >= 15 is 0 Å². The van der Waals surface area contributed by atoms with Gasteiger partial charge in [0.1, 0.15) is 12.3 Å². The maximum absolute atomic E-state index is 13.9. The molecule has 2 aromatic rings. The molecular weight excluding hydrogens is 422 g/mol. The Kier molecular flexibility index (Phi) is 6.96. The van der Waals surface area contributed by atoms with E-state index in [0.717, 1.165) is 61.0 Å². The van der Waals surface area contributed by atoms with Crippen LogP contribution < -0.4 is 4.74 Å². The quantitative estimate of drug-likeness (QED) is 0.302. The summed E-state index contributed by atoms with van der Waals surface area (Å²) in [4.78, 5) is 13.9. The SMILES string of the molecule is COc1cccc(CC[N+]23CCC(CC2)[C@@H](OC(=O)C2(c4ccccc4)CCCCCC2)C3)c1. The number of fused-ring (bicyclic) bond motifs is 3. The van der Waals surface area contributed by atoms with Crippen LogP contribution >= 0.6 is 0 Å². The lowest BCUT2D eigenvalue weighted by Crippen LogP contribution is -2.65. The first kappa shape index (κ1) is 23.4. The second-order valence-electron chi connectivity index (χ2n) is 10.9. The molecule has 4 fully saturated rings. The molecular formula is C30H40NO3+. The van der Waals surface area contributed by atoms with Crippen molar-refractivity contribution in [2.75, 3.05) is 33.3 Å². The molecule has 3 aliphatic heterocycles. The highest BCUT2D eigenvalue weighted by atomic mass is 16.5. The summed E-state index contributed by atoms with van der Waals surface area (Å²) in [6.07, 6.45) is 9.95. The number of benzene rings is 2. The third-order valence-electron chi connectivity index (χ3n) is 8.98. The molecule has 2 aromatic carbocycles. The molecule has 1 saturated carbocycles. The van der Waals surface area contributed by atoms with Crippen molar-refractivity contribution >= 4 is 5.97 Å². The first-order valence-electron chi connectivity index (χ1n) is 13.4. The molecule has 3 heterocycles. The van der Waals surface area contributed by atoms with Crippen LogP contribution in [0.5, 0.6) is 5.75 Å². The lowest BCUT2D eigenvalue weighted by Gasteiger charge is -2.52. The van der Waals surface area contributed by atoms with E-state index < -0.39 is 5.41 Å². The molecule has 1 atom stereocenters. The molecule has 0 spiro atoms. The molecule has 1 aliphatic carbocycles. The van der Waals surface area contributed by atoms with E-state index in [4.69, 9.17) is 9.47 Å². The number of carbonyl (C=O) groups excluding carboxylic acids is 1. The predicted octanol–water partition coefficient (Wildman–Crippen LogP) is 5.68. The van der Waals surface area contributed by atoms with E-state index in [-0.39, 0.29) is 12.1 Å². The summed E-state index contributed by atoms with van der Waals surface area (Å²) in [7, 11) is 1.73. The number of ether oxygens (including phenoxy) is 2. The van der Waals surface area contributed by atoms with E-state index in [1.54, 1.807) is 7.11 Å². The second kappa shape index (κ2) is 10.1. The highest BCUT2D eigenvalue weighted by Crippen LogP contribution is 2.42. The molecule has 182 valence electrons. The van der Waals surface area contributed by atoms with Crippen molar-refractivity contribution in [1.29, 1.82) is 0 Å². The number of rotatable bonds is 7. The number of carbonyl (C=O) groups is 1. The Morgan fingerprint density at radius 1 is 0.971 bits per heavy atom. The molecule has 0 aromatic heterocycles. The van der Waals surface area contributed by atoms with E-state index in [9.17, 15) is 4.79 Å². The molecule has 4 nitrogen and oxygen atoms in total.